The maximum absolute atomic E-state index is 10.1. The largest absolute Gasteiger partial charge is 0.508 e. The van der Waals surface area contributed by atoms with Crippen molar-refractivity contribution in [2.45, 2.75) is 39.8 Å². The van der Waals surface area contributed by atoms with Crippen molar-refractivity contribution in [3.63, 3.8) is 0 Å². The molecule has 1 aromatic carbocycles. The molecular formula is C13H22ClNO2. The lowest BCUT2D eigenvalue weighted by molar-refractivity contribution is 0.0395. The molecule has 1 aromatic rings. The van der Waals surface area contributed by atoms with E-state index < -0.39 is 12.1 Å². The van der Waals surface area contributed by atoms with Gasteiger partial charge in [0.25, 0.3) is 0 Å². The van der Waals surface area contributed by atoms with Gasteiger partial charge in [-0.3, -0.25) is 0 Å². The van der Waals surface area contributed by atoms with Gasteiger partial charge in [-0.2, -0.15) is 0 Å². The van der Waals surface area contributed by atoms with Gasteiger partial charge in [0, 0.05) is 5.56 Å². The molecule has 0 heterocycles. The fourth-order valence-electron chi connectivity index (χ4n) is 1.64. The van der Waals surface area contributed by atoms with Crippen LogP contribution in [0, 0.1) is 12.3 Å². The lowest BCUT2D eigenvalue weighted by atomic mass is 9.82. The summed E-state index contributed by atoms with van der Waals surface area (Å²) in [5.41, 5.74) is 7.22. The molecule has 1 rings (SSSR count). The summed E-state index contributed by atoms with van der Waals surface area (Å²) in [5.74, 6) is 0.149. The number of aliphatic hydroxyl groups excluding tert-OH is 1. The number of phenols is 1. The standard InChI is InChI=1S/C13H21NO2.ClH/c1-8-5-6-9(10(15)7-8)11(14)12(16)13(2,3)4;/h5-7,11-12,15-16H,14H2,1-4H3;1H/t11-,12-;/m0./s1. The van der Waals surface area contributed by atoms with E-state index in [0.29, 0.717) is 5.56 Å². The van der Waals surface area contributed by atoms with Crippen LogP contribution in [-0.4, -0.2) is 16.3 Å². The maximum Gasteiger partial charge on any atom is 0.120 e. The van der Waals surface area contributed by atoms with Gasteiger partial charge in [-0.25, -0.2) is 0 Å². The van der Waals surface area contributed by atoms with E-state index in [1.165, 1.54) is 0 Å². The van der Waals surface area contributed by atoms with Gasteiger partial charge >= 0.3 is 0 Å². The van der Waals surface area contributed by atoms with E-state index in [0.717, 1.165) is 5.56 Å². The van der Waals surface area contributed by atoms with Crippen molar-refractivity contribution in [1.82, 2.24) is 0 Å². The zero-order valence-corrected chi connectivity index (χ0v) is 11.6. The van der Waals surface area contributed by atoms with Crippen LogP contribution >= 0.6 is 12.4 Å². The molecule has 0 aliphatic rings. The summed E-state index contributed by atoms with van der Waals surface area (Å²) in [6, 6.07) is 4.74. The van der Waals surface area contributed by atoms with Crippen molar-refractivity contribution in [2.24, 2.45) is 11.1 Å². The number of nitrogens with two attached hydrogens (primary N) is 1. The summed E-state index contributed by atoms with van der Waals surface area (Å²) in [6.07, 6.45) is -0.693. The molecule has 0 unspecified atom stereocenters. The Balaban J connectivity index is 0.00000256. The number of rotatable bonds is 2. The second kappa shape index (κ2) is 5.71. The second-order valence-corrected chi connectivity index (χ2v) is 5.40. The van der Waals surface area contributed by atoms with Crippen molar-refractivity contribution >= 4 is 12.4 Å². The molecule has 0 radical (unpaired) electrons. The molecule has 2 atom stereocenters. The van der Waals surface area contributed by atoms with Gasteiger partial charge in [-0.15, -0.1) is 12.4 Å². The minimum absolute atomic E-state index is 0. The molecule has 0 spiro atoms. The maximum atomic E-state index is 10.1. The smallest absolute Gasteiger partial charge is 0.120 e. The highest BCUT2D eigenvalue weighted by atomic mass is 35.5. The molecular weight excluding hydrogens is 238 g/mol. The molecule has 0 aliphatic carbocycles. The molecule has 17 heavy (non-hydrogen) atoms. The Morgan fingerprint density at radius 1 is 1.24 bits per heavy atom. The Hall–Kier alpha value is -0.770. The fourth-order valence-corrected chi connectivity index (χ4v) is 1.64. The Morgan fingerprint density at radius 2 is 1.76 bits per heavy atom. The third-order valence-electron chi connectivity index (χ3n) is 2.77. The van der Waals surface area contributed by atoms with Gasteiger partial charge in [0.15, 0.2) is 0 Å². The lowest BCUT2D eigenvalue weighted by Gasteiger charge is -2.31. The Bertz CT molecular complexity index is 374. The molecule has 3 nitrogen and oxygen atoms in total. The van der Waals surface area contributed by atoms with Crippen molar-refractivity contribution in [2.75, 3.05) is 0 Å². The van der Waals surface area contributed by atoms with E-state index in [9.17, 15) is 10.2 Å². The van der Waals surface area contributed by atoms with Crippen molar-refractivity contribution in [1.29, 1.82) is 0 Å². The van der Waals surface area contributed by atoms with Gasteiger partial charge in [-0.05, 0) is 24.0 Å². The number of benzene rings is 1. The third kappa shape index (κ3) is 3.87. The normalized spacial score (nSPS) is 14.9. The highest BCUT2D eigenvalue weighted by Crippen LogP contribution is 2.32. The number of halogens is 1. The van der Waals surface area contributed by atoms with Crippen LogP contribution in [0.4, 0.5) is 0 Å². The number of aryl methyl sites for hydroxylation is 1. The summed E-state index contributed by atoms with van der Waals surface area (Å²) in [7, 11) is 0. The molecule has 98 valence electrons. The Kier molecular flexibility index (Phi) is 5.46. The van der Waals surface area contributed by atoms with Crippen LogP contribution in [0.5, 0.6) is 5.75 Å². The highest BCUT2D eigenvalue weighted by Gasteiger charge is 2.30. The van der Waals surface area contributed by atoms with Crippen LogP contribution in [0.25, 0.3) is 0 Å². The van der Waals surface area contributed by atoms with Crippen LogP contribution in [-0.2, 0) is 0 Å². The van der Waals surface area contributed by atoms with Crippen LogP contribution in [0.1, 0.15) is 37.9 Å². The molecule has 0 amide bonds. The number of aliphatic hydroxyl groups is 1. The van der Waals surface area contributed by atoms with Gasteiger partial charge in [0.1, 0.15) is 5.75 Å². The molecule has 0 saturated heterocycles. The number of hydrogen-bond acceptors (Lipinski definition) is 3. The predicted molar refractivity (Wildman–Crippen MR) is 72.5 cm³/mol. The van der Waals surface area contributed by atoms with Gasteiger partial charge < -0.3 is 15.9 Å². The van der Waals surface area contributed by atoms with Crippen LogP contribution < -0.4 is 5.73 Å². The van der Waals surface area contributed by atoms with E-state index in [4.69, 9.17) is 5.73 Å². The average Bonchev–Trinajstić information content (AvgIpc) is 2.14. The van der Waals surface area contributed by atoms with E-state index in [2.05, 4.69) is 0 Å². The third-order valence-corrected chi connectivity index (χ3v) is 2.77. The minimum atomic E-state index is -0.693. The van der Waals surface area contributed by atoms with Gasteiger partial charge in [0.05, 0.1) is 12.1 Å². The van der Waals surface area contributed by atoms with Crippen molar-refractivity contribution in [3.05, 3.63) is 29.3 Å². The van der Waals surface area contributed by atoms with Crippen molar-refractivity contribution < 1.29 is 10.2 Å². The first kappa shape index (κ1) is 16.2. The number of aromatic hydroxyl groups is 1. The van der Waals surface area contributed by atoms with E-state index in [-0.39, 0.29) is 23.6 Å². The summed E-state index contributed by atoms with van der Waals surface area (Å²) in [4.78, 5) is 0. The van der Waals surface area contributed by atoms with E-state index in [1.54, 1.807) is 12.1 Å². The molecule has 4 heteroatoms. The van der Waals surface area contributed by atoms with E-state index in [1.807, 2.05) is 33.8 Å². The van der Waals surface area contributed by atoms with Gasteiger partial charge in [-0.1, -0.05) is 32.9 Å². The number of phenolic OH excluding ortho intramolecular Hbond substituents is 1. The quantitative estimate of drug-likeness (QED) is 0.765. The molecule has 0 fully saturated rings. The summed E-state index contributed by atoms with van der Waals surface area (Å²) >= 11 is 0. The zero-order chi connectivity index (χ0) is 12.5. The summed E-state index contributed by atoms with van der Waals surface area (Å²) < 4.78 is 0. The first-order chi connectivity index (χ1) is 7.23. The number of hydrogen-bond donors (Lipinski definition) is 3. The van der Waals surface area contributed by atoms with Gasteiger partial charge in [0.2, 0.25) is 0 Å². The monoisotopic (exact) mass is 259 g/mol. The summed E-state index contributed by atoms with van der Waals surface area (Å²) in [6.45, 7) is 7.66. The fraction of sp³-hybridized carbons (Fsp3) is 0.538. The first-order valence-corrected chi connectivity index (χ1v) is 5.46. The highest BCUT2D eigenvalue weighted by molar-refractivity contribution is 5.85. The van der Waals surface area contributed by atoms with Crippen LogP contribution in [0.15, 0.2) is 18.2 Å². The molecule has 0 aliphatic heterocycles. The Labute approximate surface area is 109 Å². The topological polar surface area (TPSA) is 66.5 Å². The minimum Gasteiger partial charge on any atom is -0.508 e. The van der Waals surface area contributed by atoms with Crippen molar-refractivity contribution in [3.8, 4) is 5.75 Å². The molecule has 4 N–H and O–H groups in total. The average molecular weight is 260 g/mol. The zero-order valence-electron chi connectivity index (χ0n) is 10.8. The van der Waals surface area contributed by atoms with Crippen LogP contribution in [0.3, 0.4) is 0 Å². The molecule has 0 saturated carbocycles. The lowest BCUT2D eigenvalue weighted by Crippen LogP contribution is -2.37. The molecule has 0 aromatic heterocycles. The predicted octanol–water partition coefficient (Wildman–Crippen LogP) is 2.53. The van der Waals surface area contributed by atoms with Crippen LogP contribution in [0.2, 0.25) is 0 Å². The molecule has 0 bridgehead atoms. The first-order valence-electron chi connectivity index (χ1n) is 5.46. The van der Waals surface area contributed by atoms with E-state index >= 15 is 0 Å². The SMILES string of the molecule is Cc1ccc([C@H](N)[C@H](O)C(C)(C)C)c(O)c1.Cl. The second-order valence-electron chi connectivity index (χ2n) is 5.40. The summed E-state index contributed by atoms with van der Waals surface area (Å²) in [5, 5.41) is 19.9. The Morgan fingerprint density at radius 3 is 2.18 bits per heavy atom.